The van der Waals surface area contributed by atoms with Gasteiger partial charge in [0.1, 0.15) is 11.3 Å². The molecule has 0 aliphatic heterocycles. The lowest BCUT2D eigenvalue weighted by Gasteiger charge is -2.08. The van der Waals surface area contributed by atoms with E-state index < -0.39 is 5.97 Å². The molecule has 1 N–H and O–H groups in total. The molecule has 0 amide bonds. The van der Waals surface area contributed by atoms with Crippen molar-refractivity contribution in [2.24, 2.45) is 0 Å². The Balaban J connectivity index is 2.37. The standard InChI is InChI=1S/C12H7Br2NO3/c13-7-3-4-10(9(14)6-7)18-11-8(12(16)17)2-1-5-15-11/h1-6H,(H,16,17). The first-order valence-electron chi connectivity index (χ1n) is 4.89. The molecule has 2 aromatic rings. The molecule has 0 aliphatic carbocycles. The van der Waals surface area contributed by atoms with Crippen LogP contribution in [0.25, 0.3) is 0 Å². The Bertz CT molecular complexity index is 602. The summed E-state index contributed by atoms with van der Waals surface area (Å²) in [7, 11) is 0. The first-order valence-corrected chi connectivity index (χ1v) is 6.48. The molecule has 0 atom stereocenters. The van der Waals surface area contributed by atoms with Crippen molar-refractivity contribution >= 4 is 37.8 Å². The van der Waals surface area contributed by atoms with Gasteiger partial charge in [0.05, 0.1) is 4.47 Å². The Morgan fingerprint density at radius 2 is 2.06 bits per heavy atom. The van der Waals surface area contributed by atoms with Crippen LogP contribution >= 0.6 is 31.9 Å². The summed E-state index contributed by atoms with van der Waals surface area (Å²) in [5.74, 6) is -0.515. The molecule has 0 radical (unpaired) electrons. The maximum Gasteiger partial charge on any atom is 0.341 e. The highest BCUT2D eigenvalue weighted by molar-refractivity contribution is 9.11. The Morgan fingerprint density at radius 1 is 1.28 bits per heavy atom. The van der Waals surface area contributed by atoms with Gasteiger partial charge >= 0.3 is 5.97 Å². The molecule has 0 saturated heterocycles. The summed E-state index contributed by atoms with van der Waals surface area (Å²) in [6.07, 6.45) is 1.48. The number of pyridine rings is 1. The Labute approximate surface area is 120 Å². The van der Waals surface area contributed by atoms with E-state index in [1.165, 1.54) is 12.3 Å². The zero-order valence-corrected chi connectivity index (χ0v) is 12.1. The monoisotopic (exact) mass is 371 g/mol. The Morgan fingerprint density at radius 3 is 2.72 bits per heavy atom. The van der Waals surface area contributed by atoms with Crippen LogP contribution in [0.1, 0.15) is 10.4 Å². The van der Waals surface area contributed by atoms with Crippen molar-refractivity contribution in [1.29, 1.82) is 0 Å². The van der Waals surface area contributed by atoms with Crippen molar-refractivity contribution < 1.29 is 14.6 Å². The molecule has 6 heteroatoms. The van der Waals surface area contributed by atoms with Crippen LogP contribution in [0, 0.1) is 0 Å². The molecule has 0 bridgehead atoms. The van der Waals surface area contributed by atoms with Crippen LogP contribution in [0.15, 0.2) is 45.5 Å². The van der Waals surface area contributed by atoms with Crippen LogP contribution < -0.4 is 4.74 Å². The van der Waals surface area contributed by atoms with E-state index in [-0.39, 0.29) is 11.4 Å². The number of aromatic nitrogens is 1. The average molecular weight is 373 g/mol. The van der Waals surface area contributed by atoms with E-state index in [1.54, 1.807) is 24.3 Å². The fourth-order valence-electron chi connectivity index (χ4n) is 1.30. The first-order chi connectivity index (χ1) is 8.58. The maximum atomic E-state index is 11.0. The number of ether oxygens (including phenoxy) is 1. The van der Waals surface area contributed by atoms with Gasteiger partial charge < -0.3 is 9.84 Å². The molecule has 18 heavy (non-hydrogen) atoms. The zero-order chi connectivity index (χ0) is 13.1. The van der Waals surface area contributed by atoms with Gasteiger partial charge in [0.2, 0.25) is 5.88 Å². The molecule has 1 heterocycles. The lowest BCUT2D eigenvalue weighted by Crippen LogP contribution is -2.01. The van der Waals surface area contributed by atoms with E-state index in [4.69, 9.17) is 9.84 Å². The van der Waals surface area contributed by atoms with Crippen LogP contribution in [0.4, 0.5) is 0 Å². The maximum absolute atomic E-state index is 11.0. The van der Waals surface area contributed by atoms with Gasteiger partial charge in [-0.2, -0.15) is 0 Å². The summed E-state index contributed by atoms with van der Waals surface area (Å²) in [5, 5.41) is 9.02. The van der Waals surface area contributed by atoms with E-state index in [0.29, 0.717) is 10.2 Å². The summed E-state index contributed by atoms with van der Waals surface area (Å²) in [5.41, 5.74) is 0.0207. The third kappa shape index (κ3) is 2.88. The van der Waals surface area contributed by atoms with Gasteiger partial charge in [-0.05, 0) is 46.3 Å². The number of hydrogen-bond donors (Lipinski definition) is 1. The summed E-state index contributed by atoms with van der Waals surface area (Å²) < 4.78 is 7.09. The number of benzene rings is 1. The fourth-order valence-corrected chi connectivity index (χ4v) is 2.43. The second kappa shape index (κ2) is 5.49. The van der Waals surface area contributed by atoms with Gasteiger partial charge in [-0.3, -0.25) is 0 Å². The largest absolute Gasteiger partial charge is 0.477 e. The summed E-state index contributed by atoms with van der Waals surface area (Å²) in [6, 6.07) is 8.31. The topological polar surface area (TPSA) is 59.4 Å². The lowest BCUT2D eigenvalue weighted by molar-refractivity contribution is 0.0693. The van der Waals surface area contributed by atoms with Gasteiger partial charge in [0.25, 0.3) is 0 Å². The van der Waals surface area contributed by atoms with Crippen molar-refractivity contribution in [2.75, 3.05) is 0 Å². The fraction of sp³-hybridized carbons (Fsp3) is 0. The van der Waals surface area contributed by atoms with E-state index in [0.717, 1.165) is 4.47 Å². The van der Waals surface area contributed by atoms with Gasteiger partial charge in [0.15, 0.2) is 0 Å². The second-order valence-corrected chi connectivity index (χ2v) is 5.11. The van der Waals surface area contributed by atoms with Gasteiger partial charge in [-0.1, -0.05) is 15.9 Å². The summed E-state index contributed by atoms with van der Waals surface area (Å²) in [4.78, 5) is 14.9. The van der Waals surface area contributed by atoms with E-state index in [9.17, 15) is 4.79 Å². The minimum atomic E-state index is -1.08. The van der Waals surface area contributed by atoms with Crippen LogP contribution in [-0.4, -0.2) is 16.1 Å². The lowest BCUT2D eigenvalue weighted by atomic mass is 10.3. The molecular weight excluding hydrogens is 366 g/mol. The molecule has 0 unspecified atom stereocenters. The minimum absolute atomic E-state index is 0.0207. The van der Waals surface area contributed by atoms with Crippen molar-refractivity contribution in [1.82, 2.24) is 4.98 Å². The predicted molar refractivity (Wildman–Crippen MR) is 73.1 cm³/mol. The number of carboxylic acid groups (broad SMARTS) is 1. The quantitative estimate of drug-likeness (QED) is 0.881. The SMILES string of the molecule is O=C(O)c1cccnc1Oc1ccc(Br)cc1Br. The number of nitrogens with zero attached hydrogens (tertiary/aromatic N) is 1. The molecular formula is C12H7Br2NO3. The van der Waals surface area contributed by atoms with Crippen molar-refractivity contribution in [3.8, 4) is 11.6 Å². The molecule has 0 aliphatic rings. The number of carbonyl (C=O) groups is 1. The predicted octanol–water partition coefficient (Wildman–Crippen LogP) is 4.10. The highest BCUT2D eigenvalue weighted by atomic mass is 79.9. The van der Waals surface area contributed by atoms with Crippen molar-refractivity contribution in [2.45, 2.75) is 0 Å². The number of aromatic carboxylic acids is 1. The Hall–Kier alpha value is -1.40. The zero-order valence-electron chi connectivity index (χ0n) is 8.93. The molecule has 0 spiro atoms. The molecule has 0 saturated carbocycles. The molecule has 4 nitrogen and oxygen atoms in total. The normalized spacial score (nSPS) is 10.1. The number of halogens is 2. The van der Waals surface area contributed by atoms with Crippen LogP contribution in [0.5, 0.6) is 11.6 Å². The second-order valence-electron chi connectivity index (χ2n) is 3.34. The molecule has 0 fully saturated rings. The summed E-state index contributed by atoms with van der Waals surface area (Å²) >= 11 is 6.66. The average Bonchev–Trinajstić information content (AvgIpc) is 2.33. The van der Waals surface area contributed by atoms with Gasteiger partial charge in [-0.15, -0.1) is 0 Å². The highest BCUT2D eigenvalue weighted by Crippen LogP contribution is 2.32. The molecule has 1 aromatic heterocycles. The van der Waals surface area contributed by atoms with E-state index >= 15 is 0 Å². The van der Waals surface area contributed by atoms with Gasteiger partial charge in [0, 0.05) is 10.7 Å². The highest BCUT2D eigenvalue weighted by Gasteiger charge is 2.13. The number of hydrogen-bond acceptors (Lipinski definition) is 3. The van der Waals surface area contributed by atoms with E-state index in [2.05, 4.69) is 36.8 Å². The number of rotatable bonds is 3. The van der Waals surface area contributed by atoms with Gasteiger partial charge in [-0.25, -0.2) is 9.78 Å². The van der Waals surface area contributed by atoms with Crippen molar-refractivity contribution in [3.63, 3.8) is 0 Å². The third-order valence-electron chi connectivity index (χ3n) is 2.10. The summed E-state index contributed by atoms with van der Waals surface area (Å²) in [6.45, 7) is 0. The molecule has 2 rings (SSSR count). The van der Waals surface area contributed by atoms with Crippen LogP contribution in [0.2, 0.25) is 0 Å². The first kappa shape index (κ1) is 13.0. The van der Waals surface area contributed by atoms with Crippen LogP contribution in [-0.2, 0) is 0 Å². The molecule has 92 valence electrons. The number of carboxylic acids is 1. The van der Waals surface area contributed by atoms with Crippen LogP contribution in [0.3, 0.4) is 0 Å². The third-order valence-corrected chi connectivity index (χ3v) is 3.22. The van der Waals surface area contributed by atoms with Crippen molar-refractivity contribution in [3.05, 3.63) is 51.0 Å². The van der Waals surface area contributed by atoms with E-state index in [1.807, 2.05) is 0 Å². The Kier molecular flexibility index (Phi) is 3.98. The molecule has 1 aromatic carbocycles. The smallest absolute Gasteiger partial charge is 0.341 e. The minimum Gasteiger partial charge on any atom is -0.477 e.